The smallest absolute Gasteiger partial charge is 0.233 e. The minimum Gasteiger partial charge on any atom is -0.387 e. The van der Waals surface area contributed by atoms with Crippen LogP contribution in [0.25, 0.3) is 0 Å². The largest absolute Gasteiger partial charge is 0.387 e. The molecule has 10 heteroatoms. The Kier molecular flexibility index (Phi) is 10.8. The fourth-order valence-electron chi connectivity index (χ4n) is 6.74. The predicted molar refractivity (Wildman–Crippen MR) is 174 cm³/mol. The SMILES string of the molecule is CNC(=O)C(C)(CCCN(C)C)C(=O)CCCc1ccc(Cc2cc([C@]34OC[C@](C(C)(C)O)(O3)[C@@H](O)[C@H](O)[C@H]4O)ccc2C)cc1. The number of benzene rings is 2. The van der Waals surface area contributed by atoms with E-state index in [-0.39, 0.29) is 18.3 Å². The summed E-state index contributed by atoms with van der Waals surface area (Å²) in [5.41, 5.74) is 0.422. The Bertz CT molecular complexity index is 1390. The molecule has 46 heavy (non-hydrogen) atoms. The number of nitrogens with zero attached hydrogens (tertiary/aromatic N) is 1. The molecule has 0 radical (unpaired) electrons. The highest BCUT2D eigenvalue weighted by atomic mass is 16.8. The van der Waals surface area contributed by atoms with Crippen LogP contribution >= 0.6 is 0 Å². The summed E-state index contributed by atoms with van der Waals surface area (Å²) in [6.07, 6.45) is -1.15. The second kappa shape index (κ2) is 13.8. The molecule has 0 spiro atoms. The number of rotatable bonds is 14. The zero-order chi connectivity index (χ0) is 34.1. The molecule has 2 bridgehead atoms. The van der Waals surface area contributed by atoms with Gasteiger partial charge in [-0.25, -0.2) is 0 Å². The van der Waals surface area contributed by atoms with E-state index in [1.54, 1.807) is 20.0 Å². The molecule has 0 aromatic heterocycles. The number of carbonyl (C=O) groups excluding carboxylic acids is 2. The third-order valence-corrected chi connectivity index (χ3v) is 10.0. The summed E-state index contributed by atoms with van der Waals surface area (Å²) in [6, 6.07) is 13.8. The van der Waals surface area contributed by atoms with E-state index in [9.17, 15) is 30.0 Å². The number of amides is 1. The Balaban J connectivity index is 1.43. The molecule has 2 aromatic carbocycles. The van der Waals surface area contributed by atoms with Gasteiger partial charge in [-0.05, 0) is 109 Å². The van der Waals surface area contributed by atoms with E-state index < -0.39 is 40.7 Å². The summed E-state index contributed by atoms with van der Waals surface area (Å²) in [7, 11) is 5.53. The number of aryl methyl sites for hydroxylation is 2. The molecular formula is C36H52N2O8. The molecule has 2 aliphatic heterocycles. The molecule has 2 aromatic rings. The van der Waals surface area contributed by atoms with E-state index in [1.165, 1.54) is 13.8 Å². The van der Waals surface area contributed by atoms with Crippen molar-refractivity contribution in [3.63, 3.8) is 0 Å². The van der Waals surface area contributed by atoms with Crippen molar-refractivity contribution in [1.29, 1.82) is 0 Å². The van der Waals surface area contributed by atoms with Gasteiger partial charge in [0, 0.05) is 19.0 Å². The lowest BCUT2D eigenvalue weighted by Gasteiger charge is -2.50. The quantitative estimate of drug-likeness (QED) is 0.196. The predicted octanol–water partition coefficient (Wildman–Crippen LogP) is 2.38. The van der Waals surface area contributed by atoms with Crippen LogP contribution in [0.15, 0.2) is 42.5 Å². The number of aliphatic hydroxyl groups excluding tert-OH is 3. The Labute approximate surface area is 272 Å². The van der Waals surface area contributed by atoms with Crippen molar-refractivity contribution in [2.24, 2.45) is 5.41 Å². The van der Waals surface area contributed by atoms with Gasteiger partial charge >= 0.3 is 0 Å². The molecule has 6 atom stereocenters. The van der Waals surface area contributed by atoms with Gasteiger partial charge in [-0.15, -0.1) is 0 Å². The molecule has 5 N–H and O–H groups in total. The van der Waals surface area contributed by atoms with E-state index in [0.717, 1.165) is 35.2 Å². The molecule has 2 heterocycles. The maximum absolute atomic E-state index is 13.2. The third kappa shape index (κ3) is 6.80. The van der Waals surface area contributed by atoms with Crippen molar-refractivity contribution in [2.75, 3.05) is 34.3 Å². The molecule has 0 saturated carbocycles. The fraction of sp³-hybridized carbons (Fsp3) is 0.611. The summed E-state index contributed by atoms with van der Waals surface area (Å²) >= 11 is 0. The lowest BCUT2D eigenvalue weighted by Crippen LogP contribution is -2.70. The zero-order valence-electron chi connectivity index (χ0n) is 28.3. The van der Waals surface area contributed by atoms with E-state index in [0.29, 0.717) is 37.7 Å². The maximum Gasteiger partial charge on any atom is 0.233 e. The van der Waals surface area contributed by atoms with E-state index in [1.807, 2.05) is 33.2 Å². The van der Waals surface area contributed by atoms with Gasteiger partial charge in [0.25, 0.3) is 0 Å². The lowest BCUT2D eigenvalue weighted by molar-refractivity contribution is -0.348. The highest BCUT2D eigenvalue weighted by Gasteiger charge is 2.71. The number of ketones is 1. The first-order valence-corrected chi connectivity index (χ1v) is 16.2. The molecule has 254 valence electrons. The van der Waals surface area contributed by atoms with Crippen LogP contribution in [0.1, 0.15) is 74.3 Å². The minimum atomic E-state index is -1.75. The number of fused-ring (bicyclic) bond motifs is 2. The van der Waals surface area contributed by atoms with Gasteiger partial charge in [0.15, 0.2) is 5.60 Å². The fourth-order valence-corrected chi connectivity index (χ4v) is 6.74. The number of ether oxygens (including phenoxy) is 2. The van der Waals surface area contributed by atoms with E-state index in [2.05, 4.69) is 34.5 Å². The molecule has 2 saturated heterocycles. The number of aliphatic hydroxyl groups is 4. The molecule has 1 unspecified atom stereocenters. The van der Waals surface area contributed by atoms with Crippen molar-refractivity contribution < 1.29 is 39.5 Å². The first-order valence-electron chi connectivity index (χ1n) is 16.2. The summed E-state index contributed by atoms with van der Waals surface area (Å²) in [6.45, 7) is 7.32. The van der Waals surface area contributed by atoms with Gasteiger partial charge in [0.05, 0.1) is 12.2 Å². The highest BCUT2D eigenvalue weighted by molar-refractivity contribution is 6.05. The third-order valence-electron chi connectivity index (χ3n) is 10.0. The van der Waals surface area contributed by atoms with Gasteiger partial charge in [0.2, 0.25) is 11.7 Å². The van der Waals surface area contributed by atoms with Crippen molar-refractivity contribution in [3.8, 4) is 0 Å². The van der Waals surface area contributed by atoms with Crippen LogP contribution in [0.5, 0.6) is 0 Å². The second-order valence-corrected chi connectivity index (χ2v) is 14.1. The summed E-state index contributed by atoms with van der Waals surface area (Å²) in [4.78, 5) is 27.9. The van der Waals surface area contributed by atoms with Crippen LogP contribution in [0, 0.1) is 12.3 Å². The first kappa shape index (κ1) is 36.1. The van der Waals surface area contributed by atoms with Crippen LogP contribution in [-0.4, -0.2) is 101 Å². The summed E-state index contributed by atoms with van der Waals surface area (Å²) < 4.78 is 12.2. The minimum absolute atomic E-state index is 0.0304. The van der Waals surface area contributed by atoms with Gasteiger partial charge in [-0.3, -0.25) is 9.59 Å². The number of carbonyl (C=O) groups is 2. The summed E-state index contributed by atoms with van der Waals surface area (Å²) in [5.74, 6) is -2.01. The van der Waals surface area contributed by atoms with Crippen molar-refractivity contribution in [3.05, 3.63) is 70.3 Å². The van der Waals surface area contributed by atoms with Crippen LogP contribution < -0.4 is 5.32 Å². The standard InChI is InChI=1S/C36H52N2O8/c1-23-12-17-27(36-31(42)29(40)30(41)35(46-36,22-45-36)33(2,3)44)21-26(23)20-25-15-13-24(14-16-25)10-8-11-28(39)34(4,32(43)37-5)18-9-19-38(6)7/h12-17,21,29-31,40-42,44H,8-11,18-20,22H2,1-7H3,(H,37,43)/t29-,30-,31+,34?,35-,36-/m0/s1. The molecule has 1 amide bonds. The molecule has 2 fully saturated rings. The Morgan fingerprint density at radius 1 is 1.00 bits per heavy atom. The number of Topliss-reactive ketones (excluding diaryl/α,β-unsaturated/α-hetero) is 1. The second-order valence-electron chi connectivity index (χ2n) is 14.1. The Morgan fingerprint density at radius 2 is 1.65 bits per heavy atom. The van der Waals surface area contributed by atoms with Gasteiger partial charge in [0.1, 0.15) is 29.5 Å². The first-order chi connectivity index (χ1) is 21.5. The highest BCUT2D eigenvalue weighted by Crippen LogP contribution is 2.53. The van der Waals surface area contributed by atoms with Crippen LogP contribution in [0.4, 0.5) is 0 Å². The van der Waals surface area contributed by atoms with E-state index >= 15 is 0 Å². The number of nitrogens with one attached hydrogen (secondary N) is 1. The van der Waals surface area contributed by atoms with Crippen LogP contribution in [0.3, 0.4) is 0 Å². The van der Waals surface area contributed by atoms with Gasteiger partial charge in [-0.2, -0.15) is 0 Å². The average molecular weight is 641 g/mol. The van der Waals surface area contributed by atoms with Crippen molar-refractivity contribution >= 4 is 11.7 Å². The van der Waals surface area contributed by atoms with Gasteiger partial charge < -0.3 is 40.1 Å². The average Bonchev–Trinajstić information content (AvgIpc) is 3.41. The molecule has 2 aliphatic rings. The van der Waals surface area contributed by atoms with Crippen molar-refractivity contribution in [2.45, 2.75) is 102 Å². The maximum atomic E-state index is 13.2. The molecule has 0 aliphatic carbocycles. The molecule has 10 nitrogen and oxygen atoms in total. The topological polar surface area (TPSA) is 149 Å². The Morgan fingerprint density at radius 3 is 2.26 bits per heavy atom. The normalized spacial score (nSPS) is 27.4. The van der Waals surface area contributed by atoms with Gasteiger partial charge in [-0.1, -0.05) is 36.4 Å². The van der Waals surface area contributed by atoms with Crippen molar-refractivity contribution in [1.82, 2.24) is 10.2 Å². The molecule has 4 rings (SSSR count). The monoisotopic (exact) mass is 640 g/mol. The number of hydrogen-bond donors (Lipinski definition) is 5. The van der Waals surface area contributed by atoms with E-state index in [4.69, 9.17) is 9.47 Å². The number of hydrogen-bond acceptors (Lipinski definition) is 9. The van der Waals surface area contributed by atoms with Crippen LogP contribution in [-0.2, 0) is 37.7 Å². The summed E-state index contributed by atoms with van der Waals surface area (Å²) in [5, 5.41) is 46.2. The molecular weight excluding hydrogens is 588 g/mol. The Hall–Kier alpha value is -2.70. The zero-order valence-corrected chi connectivity index (χ0v) is 28.3. The van der Waals surface area contributed by atoms with Crippen LogP contribution in [0.2, 0.25) is 0 Å². The lowest BCUT2D eigenvalue weighted by atomic mass is 9.75.